The second-order valence-corrected chi connectivity index (χ2v) is 8.78. The minimum atomic E-state index is -1.07. The summed E-state index contributed by atoms with van der Waals surface area (Å²) in [7, 11) is 0. The van der Waals surface area contributed by atoms with E-state index in [4.69, 9.17) is 15.2 Å². The van der Waals surface area contributed by atoms with Crippen LogP contribution in [0.1, 0.15) is 17.5 Å². The SMILES string of the molecule is N[C@H](CCN(Cc1ccccc1Oc1cccc(F)c1)Cc1ccccc1Oc1cccc(F)c1)C(=O)O. The zero-order valence-corrected chi connectivity index (χ0v) is 20.6. The molecule has 0 spiro atoms. The molecule has 4 aromatic rings. The van der Waals surface area contributed by atoms with Gasteiger partial charge in [0.1, 0.15) is 40.7 Å². The highest BCUT2D eigenvalue weighted by atomic mass is 19.1. The molecule has 0 unspecified atom stereocenters. The molecule has 8 heteroatoms. The average Bonchev–Trinajstić information content (AvgIpc) is 2.89. The van der Waals surface area contributed by atoms with Crippen LogP contribution in [0.4, 0.5) is 8.78 Å². The summed E-state index contributed by atoms with van der Waals surface area (Å²) in [5, 5.41) is 9.29. The fourth-order valence-electron chi connectivity index (χ4n) is 3.92. The van der Waals surface area contributed by atoms with Crippen LogP contribution in [0.15, 0.2) is 97.1 Å². The van der Waals surface area contributed by atoms with E-state index in [0.717, 1.165) is 11.1 Å². The van der Waals surface area contributed by atoms with E-state index >= 15 is 0 Å². The van der Waals surface area contributed by atoms with Crippen molar-refractivity contribution in [3.8, 4) is 23.0 Å². The molecule has 0 amide bonds. The lowest BCUT2D eigenvalue weighted by Gasteiger charge is -2.25. The van der Waals surface area contributed by atoms with Crippen molar-refractivity contribution in [2.75, 3.05) is 6.54 Å². The van der Waals surface area contributed by atoms with E-state index in [1.165, 1.54) is 24.3 Å². The van der Waals surface area contributed by atoms with Crippen LogP contribution in [0.25, 0.3) is 0 Å². The highest BCUT2D eigenvalue weighted by molar-refractivity contribution is 5.73. The molecular weight excluding hydrogens is 490 g/mol. The smallest absolute Gasteiger partial charge is 0.320 e. The van der Waals surface area contributed by atoms with Crippen molar-refractivity contribution in [2.45, 2.75) is 25.6 Å². The molecule has 6 nitrogen and oxygen atoms in total. The topological polar surface area (TPSA) is 85.0 Å². The fourth-order valence-corrected chi connectivity index (χ4v) is 3.92. The van der Waals surface area contributed by atoms with Crippen molar-refractivity contribution >= 4 is 5.97 Å². The van der Waals surface area contributed by atoms with E-state index < -0.39 is 23.6 Å². The van der Waals surface area contributed by atoms with Crippen LogP contribution in [-0.4, -0.2) is 28.6 Å². The molecule has 196 valence electrons. The molecule has 1 atom stereocenters. The molecule has 0 saturated carbocycles. The van der Waals surface area contributed by atoms with E-state index in [1.807, 2.05) is 41.3 Å². The van der Waals surface area contributed by atoms with Gasteiger partial charge in [0.15, 0.2) is 0 Å². The lowest BCUT2D eigenvalue weighted by Crippen LogP contribution is -2.35. The van der Waals surface area contributed by atoms with Crippen LogP contribution in [0.2, 0.25) is 0 Å². The van der Waals surface area contributed by atoms with Crippen molar-refractivity contribution < 1.29 is 28.2 Å². The van der Waals surface area contributed by atoms with Gasteiger partial charge in [-0.15, -0.1) is 0 Å². The number of carbonyl (C=O) groups is 1. The van der Waals surface area contributed by atoms with Gasteiger partial charge in [0, 0.05) is 42.9 Å². The zero-order valence-electron chi connectivity index (χ0n) is 20.6. The summed E-state index contributed by atoms with van der Waals surface area (Å²) < 4.78 is 39.3. The minimum Gasteiger partial charge on any atom is -0.480 e. The van der Waals surface area contributed by atoms with E-state index in [-0.39, 0.29) is 6.42 Å². The quantitative estimate of drug-likeness (QED) is 0.227. The predicted octanol–water partition coefficient (Wildman–Crippen LogP) is 6.35. The van der Waals surface area contributed by atoms with Crippen molar-refractivity contribution in [1.82, 2.24) is 4.90 Å². The number of carboxylic acid groups (broad SMARTS) is 1. The summed E-state index contributed by atoms with van der Waals surface area (Å²) in [5.74, 6) is -0.0469. The molecule has 3 N–H and O–H groups in total. The highest BCUT2D eigenvalue weighted by Crippen LogP contribution is 2.30. The van der Waals surface area contributed by atoms with E-state index in [2.05, 4.69) is 0 Å². The van der Waals surface area contributed by atoms with Gasteiger partial charge in [-0.1, -0.05) is 48.5 Å². The second-order valence-electron chi connectivity index (χ2n) is 8.78. The molecule has 0 aliphatic carbocycles. The van der Waals surface area contributed by atoms with Crippen LogP contribution in [0, 0.1) is 11.6 Å². The number of rotatable bonds is 12. The van der Waals surface area contributed by atoms with Crippen LogP contribution < -0.4 is 15.2 Å². The first kappa shape index (κ1) is 26.8. The van der Waals surface area contributed by atoms with Crippen LogP contribution in [0.3, 0.4) is 0 Å². The van der Waals surface area contributed by atoms with Crippen molar-refractivity contribution in [3.05, 3.63) is 120 Å². The number of halogens is 2. The van der Waals surface area contributed by atoms with Crippen LogP contribution >= 0.6 is 0 Å². The summed E-state index contributed by atoms with van der Waals surface area (Å²) in [6, 6.07) is 25.5. The third kappa shape index (κ3) is 7.61. The maximum absolute atomic E-state index is 13.7. The average molecular weight is 519 g/mol. The molecule has 0 bridgehead atoms. The maximum Gasteiger partial charge on any atom is 0.320 e. The van der Waals surface area contributed by atoms with E-state index in [1.54, 1.807) is 36.4 Å². The summed E-state index contributed by atoms with van der Waals surface area (Å²) in [6.45, 7) is 1.16. The first-order chi connectivity index (χ1) is 18.4. The van der Waals surface area contributed by atoms with Gasteiger partial charge in [0.25, 0.3) is 0 Å². The van der Waals surface area contributed by atoms with Crippen LogP contribution in [0.5, 0.6) is 23.0 Å². The fraction of sp³-hybridized carbons (Fsp3) is 0.167. The molecule has 38 heavy (non-hydrogen) atoms. The van der Waals surface area contributed by atoms with Gasteiger partial charge in [0.2, 0.25) is 0 Å². The number of carboxylic acids is 1. The number of hydrogen-bond donors (Lipinski definition) is 2. The largest absolute Gasteiger partial charge is 0.480 e. The summed E-state index contributed by atoms with van der Waals surface area (Å²) in [6.07, 6.45) is 0.217. The Balaban J connectivity index is 1.58. The predicted molar refractivity (Wildman–Crippen MR) is 140 cm³/mol. The molecule has 0 aliphatic rings. The van der Waals surface area contributed by atoms with Crippen molar-refractivity contribution in [2.24, 2.45) is 5.73 Å². The van der Waals surface area contributed by atoms with Gasteiger partial charge in [-0.2, -0.15) is 0 Å². The summed E-state index contributed by atoms with van der Waals surface area (Å²) in [4.78, 5) is 13.4. The van der Waals surface area contributed by atoms with Gasteiger partial charge in [-0.25, -0.2) is 8.78 Å². The van der Waals surface area contributed by atoms with Gasteiger partial charge >= 0.3 is 5.97 Å². The monoisotopic (exact) mass is 518 g/mol. The Bertz CT molecular complexity index is 1290. The number of benzene rings is 4. The zero-order chi connectivity index (χ0) is 26.9. The Morgan fingerprint density at radius 3 is 1.68 bits per heavy atom. The van der Waals surface area contributed by atoms with Gasteiger partial charge < -0.3 is 20.3 Å². The normalized spacial score (nSPS) is 11.8. The number of hydrogen-bond acceptors (Lipinski definition) is 5. The number of nitrogens with zero attached hydrogens (tertiary/aromatic N) is 1. The van der Waals surface area contributed by atoms with E-state index in [9.17, 15) is 18.7 Å². The van der Waals surface area contributed by atoms with Gasteiger partial charge in [-0.3, -0.25) is 9.69 Å². The Hall–Kier alpha value is -4.27. The van der Waals surface area contributed by atoms with Crippen molar-refractivity contribution in [1.29, 1.82) is 0 Å². The first-order valence-corrected chi connectivity index (χ1v) is 12.1. The van der Waals surface area contributed by atoms with E-state index in [0.29, 0.717) is 42.6 Å². The number of para-hydroxylation sites is 2. The molecule has 0 radical (unpaired) electrons. The third-order valence-corrected chi connectivity index (χ3v) is 5.85. The minimum absolute atomic E-state index is 0.217. The van der Waals surface area contributed by atoms with Gasteiger partial charge in [0.05, 0.1) is 0 Å². The Morgan fingerprint density at radius 2 is 1.24 bits per heavy atom. The molecule has 0 heterocycles. The number of ether oxygens (including phenoxy) is 2. The Kier molecular flexibility index (Phi) is 9.02. The Labute approximate surface area is 219 Å². The molecule has 0 saturated heterocycles. The van der Waals surface area contributed by atoms with Crippen molar-refractivity contribution in [3.63, 3.8) is 0 Å². The standard InChI is InChI=1S/C30H28F2N2O4/c31-23-9-5-11-25(17-23)37-28-13-3-1-7-21(28)19-34(16-15-27(33)30(35)36)20-22-8-2-4-14-29(22)38-26-12-6-10-24(32)18-26/h1-14,17-18,27H,15-16,19-20,33H2,(H,35,36)/t27-/m1/s1. The summed E-state index contributed by atoms with van der Waals surface area (Å²) >= 11 is 0. The molecule has 4 rings (SSSR count). The molecule has 4 aromatic carbocycles. The summed E-state index contributed by atoms with van der Waals surface area (Å²) in [5.41, 5.74) is 7.44. The molecule has 0 aromatic heterocycles. The van der Waals surface area contributed by atoms with Crippen LogP contribution in [-0.2, 0) is 17.9 Å². The third-order valence-electron chi connectivity index (χ3n) is 5.85. The lowest BCUT2D eigenvalue weighted by molar-refractivity contribution is -0.138. The van der Waals surface area contributed by atoms with Gasteiger partial charge in [-0.05, 0) is 42.8 Å². The molecular formula is C30H28F2N2O4. The highest BCUT2D eigenvalue weighted by Gasteiger charge is 2.18. The molecule has 0 aliphatic heterocycles. The number of nitrogens with two attached hydrogens (primary N) is 1. The number of aliphatic carboxylic acids is 1. The Morgan fingerprint density at radius 1 is 0.763 bits per heavy atom. The lowest BCUT2D eigenvalue weighted by atomic mass is 10.1. The molecule has 0 fully saturated rings. The second kappa shape index (κ2) is 12.8. The maximum atomic E-state index is 13.7. The first-order valence-electron chi connectivity index (χ1n) is 12.1.